The fourth-order valence-electron chi connectivity index (χ4n) is 4.26. The number of carbonyl (C=O) groups excluding carboxylic acids is 1. The van der Waals surface area contributed by atoms with Crippen LogP contribution in [0.2, 0.25) is 0 Å². The van der Waals surface area contributed by atoms with Crippen LogP contribution >= 0.6 is 12.2 Å². The van der Waals surface area contributed by atoms with Gasteiger partial charge in [0.2, 0.25) is 5.91 Å². The first kappa shape index (κ1) is 22.8. The number of aromatic nitrogens is 2. The molecule has 9 heteroatoms. The van der Waals surface area contributed by atoms with Gasteiger partial charge in [-0.3, -0.25) is 9.78 Å². The molecule has 1 saturated heterocycles. The molecule has 33 heavy (non-hydrogen) atoms. The molecule has 1 aliphatic heterocycles. The monoisotopic (exact) mass is 465 g/mol. The molecular weight excluding hydrogens is 438 g/mol. The average Bonchev–Trinajstić information content (AvgIpc) is 3.32. The second-order valence-electron chi connectivity index (χ2n) is 7.90. The van der Waals surface area contributed by atoms with Gasteiger partial charge in [-0.25, -0.2) is 0 Å². The minimum atomic E-state index is -0.268. The molecule has 2 atom stereocenters. The number of H-pyrrole nitrogens is 1. The summed E-state index contributed by atoms with van der Waals surface area (Å²) < 4.78 is 10.4. The molecule has 1 amide bonds. The predicted molar refractivity (Wildman–Crippen MR) is 132 cm³/mol. The normalized spacial score (nSPS) is 17.7. The molecular formula is C24H27N5O3S. The zero-order chi connectivity index (χ0) is 23.5. The van der Waals surface area contributed by atoms with Crippen molar-refractivity contribution < 1.29 is 14.3 Å². The zero-order valence-corrected chi connectivity index (χ0v) is 19.8. The number of rotatable bonds is 7. The molecule has 0 aliphatic carbocycles. The van der Waals surface area contributed by atoms with Gasteiger partial charge in [0.15, 0.2) is 5.11 Å². The quantitative estimate of drug-likeness (QED) is 0.457. The van der Waals surface area contributed by atoms with Gasteiger partial charge in [0.05, 0.1) is 30.6 Å². The number of methoxy groups -OCH3 is 2. The highest BCUT2D eigenvalue weighted by Gasteiger charge is 2.42. The van der Waals surface area contributed by atoms with E-state index in [1.165, 1.54) is 7.11 Å². The summed E-state index contributed by atoms with van der Waals surface area (Å²) in [6, 6.07) is 13.3. The Balaban J connectivity index is 1.80. The number of thiocarbonyl (C=S) groups is 1. The summed E-state index contributed by atoms with van der Waals surface area (Å²) in [6.45, 7) is 4.04. The Kier molecular flexibility index (Phi) is 6.62. The highest BCUT2D eigenvalue weighted by Crippen LogP contribution is 2.44. The Morgan fingerprint density at radius 1 is 1.21 bits per heavy atom. The third-order valence-electron chi connectivity index (χ3n) is 5.62. The number of anilines is 2. The van der Waals surface area contributed by atoms with Crippen molar-refractivity contribution in [3.63, 3.8) is 0 Å². The van der Waals surface area contributed by atoms with E-state index < -0.39 is 0 Å². The van der Waals surface area contributed by atoms with Crippen molar-refractivity contribution in [3.8, 4) is 5.75 Å². The standard InChI is InChI=1S/C24H27N5O3S/c1-14-11-17(15(2)26-14)23-22(18-7-5-6-10-25-18)28-24(33)29(23)16-8-9-20(32-4)19(12-16)27-21(30)13-31-3/h5-12,22-23,26H,13H2,1-4H3,(H,27,30)(H,28,33)/t22-,23-/m0/s1. The Bertz CT molecular complexity index is 1160. The summed E-state index contributed by atoms with van der Waals surface area (Å²) in [6.07, 6.45) is 1.78. The highest BCUT2D eigenvalue weighted by molar-refractivity contribution is 7.80. The van der Waals surface area contributed by atoms with E-state index in [0.717, 1.165) is 28.3 Å². The number of carbonyl (C=O) groups is 1. The van der Waals surface area contributed by atoms with Crippen LogP contribution in [0.1, 0.15) is 34.7 Å². The number of aromatic amines is 1. The van der Waals surface area contributed by atoms with Gasteiger partial charge < -0.3 is 30.0 Å². The molecule has 1 aliphatic rings. The van der Waals surface area contributed by atoms with Gasteiger partial charge >= 0.3 is 0 Å². The van der Waals surface area contributed by atoms with Crippen LogP contribution in [-0.2, 0) is 9.53 Å². The summed E-state index contributed by atoms with van der Waals surface area (Å²) in [5.41, 5.74) is 5.52. The summed E-state index contributed by atoms with van der Waals surface area (Å²) in [4.78, 5) is 22.3. The Morgan fingerprint density at radius 2 is 2.03 bits per heavy atom. The lowest BCUT2D eigenvalue weighted by Crippen LogP contribution is -2.29. The molecule has 2 aromatic heterocycles. The molecule has 0 unspecified atom stereocenters. The second-order valence-corrected chi connectivity index (χ2v) is 8.28. The van der Waals surface area contributed by atoms with E-state index in [1.807, 2.05) is 43.3 Å². The summed E-state index contributed by atoms with van der Waals surface area (Å²) in [5, 5.41) is 6.89. The van der Waals surface area contributed by atoms with E-state index in [9.17, 15) is 4.79 Å². The second kappa shape index (κ2) is 9.60. The Labute approximate surface area is 198 Å². The number of nitrogens with zero attached hydrogens (tertiary/aromatic N) is 2. The van der Waals surface area contributed by atoms with Gasteiger partial charge in [0, 0.05) is 30.4 Å². The van der Waals surface area contributed by atoms with Crippen LogP contribution in [0.5, 0.6) is 5.75 Å². The lowest BCUT2D eigenvalue weighted by Gasteiger charge is -2.28. The van der Waals surface area contributed by atoms with Crippen LogP contribution in [0, 0.1) is 13.8 Å². The van der Waals surface area contributed by atoms with Crippen molar-refractivity contribution in [2.24, 2.45) is 0 Å². The average molecular weight is 466 g/mol. The predicted octanol–water partition coefficient (Wildman–Crippen LogP) is 3.80. The lowest BCUT2D eigenvalue weighted by molar-refractivity contribution is -0.119. The van der Waals surface area contributed by atoms with Crippen LogP contribution in [-0.4, -0.2) is 41.8 Å². The summed E-state index contributed by atoms with van der Waals surface area (Å²) >= 11 is 5.80. The zero-order valence-electron chi connectivity index (χ0n) is 19.0. The number of aryl methyl sites for hydroxylation is 2. The maximum Gasteiger partial charge on any atom is 0.250 e. The number of benzene rings is 1. The lowest BCUT2D eigenvalue weighted by atomic mass is 9.96. The van der Waals surface area contributed by atoms with Gasteiger partial charge in [-0.15, -0.1) is 0 Å². The molecule has 0 radical (unpaired) electrons. The SMILES string of the molecule is COCC(=O)Nc1cc(N2C(=S)N[C@@H](c3ccccn3)[C@@H]2c2cc(C)[nH]c2C)ccc1OC. The fraction of sp³-hybridized carbons (Fsp3) is 0.292. The number of ether oxygens (including phenoxy) is 2. The van der Waals surface area contributed by atoms with Crippen molar-refractivity contribution in [2.45, 2.75) is 25.9 Å². The first-order chi connectivity index (χ1) is 15.9. The molecule has 3 aromatic rings. The molecule has 0 saturated carbocycles. The van der Waals surface area contributed by atoms with E-state index in [1.54, 1.807) is 13.3 Å². The molecule has 172 valence electrons. The van der Waals surface area contributed by atoms with Crippen molar-refractivity contribution >= 4 is 34.6 Å². The van der Waals surface area contributed by atoms with Crippen LogP contribution < -0.4 is 20.3 Å². The first-order valence-electron chi connectivity index (χ1n) is 10.6. The molecule has 0 spiro atoms. The molecule has 1 fully saturated rings. The van der Waals surface area contributed by atoms with Gasteiger partial charge in [-0.05, 0) is 68.0 Å². The fourth-order valence-corrected chi connectivity index (χ4v) is 4.61. The largest absolute Gasteiger partial charge is 0.495 e. The highest BCUT2D eigenvalue weighted by atomic mass is 32.1. The number of nitrogens with one attached hydrogen (secondary N) is 3. The molecule has 4 rings (SSSR count). The minimum absolute atomic E-state index is 0.0523. The molecule has 8 nitrogen and oxygen atoms in total. The summed E-state index contributed by atoms with van der Waals surface area (Å²) in [5.74, 6) is 0.280. The number of hydrogen-bond acceptors (Lipinski definition) is 5. The number of hydrogen-bond donors (Lipinski definition) is 3. The molecule has 0 bridgehead atoms. The maximum atomic E-state index is 12.2. The maximum absolute atomic E-state index is 12.2. The van der Waals surface area contributed by atoms with E-state index in [2.05, 4.69) is 38.5 Å². The van der Waals surface area contributed by atoms with Gasteiger partial charge in [0.25, 0.3) is 0 Å². The van der Waals surface area contributed by atoms with E-state index >= 15 is 0 Å². The van der Waals surface area contributed by atoms with Crippen molar-refractivity contribution in [3.05, 3.63) is 71.3 Å². The number of pyridine rings is 1. The number of amides is 1. The minimum Gasteiger partial charge on any atom is -0.495 e. The van der Waals surface area contributed by atoms with Crippen LogP contribution in [0.25, 0.3) is 0 Å². The summed E-state index contributed by atoms with van der Waals surface area (Å²) in [7, 11) is 3.04. The van der Waals surface area contributed by atoms with Crippen LogP contribution in [0.4, 0.5) is 11.4 Å². The van der Waals surface area contributed by atoms with Gasteiger partial charge in [-0.1, -0.05) is 6.07 Å². The molecule has 1 aromatic carbocycles. The van der Waals surface area contributed by atoms with E-state index in [4.69, 9.17) is 21.7 Å². The van der Waals surface area contributed by atoms with E-state index in [0.29, 0.717) is 16.5 Å². The first-order valence-corrected chi connectivity index (χ1v) is 11.0. The van der Waals surface area contributed by atoms with Crippen LogP contribution in [0.3, 0.4) is 0 Å². The Hall–Kier alpha value is -3.43. The van der Waals surface area contributed by atoms with Crippen molar-refractivity contribution in [1.82, 2.24) is 15.3 Å². The smallest absolute Gasteiger partial charge is 0.250 e. The topological polar surface area (TPSA) is 91.5 Å². The van der Waals surface area contributed by atoms with Crippen LogP contribution in [0.15, 0.2) is 48.7 Å². The molecule has 3 N–H and O–H groups in total. The molecule has 3 heterocycles. The van der Waals surface area contributed by atoms with Gasteiger partial charge in [0.1, 0.15) is 12.4 Å². The third-order valence-corrected chi connectivity index (χ3v) is 5.93. The van der Waals surface area contributed by atoms with Gasteiger partial charge in [-0.2, -0.15) is 0 Å². The van der Waals surface area contributed by atoms with E-state index in [-0.39, 0.29) is 24.6 Å². The Morgan fingerprint density at radius 3 is 2.67 bits per heavy atom. The third kappa shape index (κ3) is 4.55. The van der Waals surface area contributed by atoms with Crippen molar-refractivity contribution in [1.29, 1.82) is 0 Å². The van der Waals surface area contributed by atoms with Crippen molar-refractivity contribution in [2.75, 3.05) is 31.0 Å².